The fraction of sp³-hybridized carbons (Fsp3) is 0.737. The number of nitrogens with zero attached hydrogens (tertiary/aromatic N) is 4. The Morgan fingerprint density at radius 2 is 1.88 bits per heavy atom. The number of piperidine rings is 2. The van der Waals surface area contributed by atoms with Gasteiger partial charge >= 0.3 is 0 Å². The van der Waals surface area contributed by atoms with Crippen LogP contribution in [0.25, 0.3) is 0 Å². The Labute approximate surface area is 144 Å². The highest BCUT2D eigenvalue weighted by Gasteiger charge is 2.41. The number of hydrogen-bond donors (Lipinski definition) is 0. The van der Waals surface area contributed by atoms with Gasteiger partial charge in [0, 0.05) is 44.0 Å². The topological polar surface area (TPSA) is 49.3 Å². The molecule has 1 aliphatic carbocycles. The van der Waals surface area contributed by atoms with Gasteiger partial charge in [-0.2, -0.15) is 0 Å². The molecular weight excluding hydrogens is 300 g/mol. The van der Waals surface area contributed by atoms with Crippen molar-refractivity contribution in [1.29, 1.82) is 0 Å². The van der Waals surface area contributed by atoms with Gasteiger partial charge in [0.05, 0.1) is 5.56 Å². The zero-order valence-corrected chi connectivity index (χ0v) is 14.7. The molecule has 5 nitrogen and oxygen atoms in total. The third-order valence-corrected chi connectivity index (χ3v) is 5.93. The SMILES string of the molecule is Cc1ncc(C(=O)N2CCCC3(CCCN(CC4CC4)C3)C2)cn1. The number of aromatic nitrogens is 2. The van der Waals surface area contributed by atoms with Crippen LogP contribution < -0.4 is 0 Å². The van der Waals surface area contributed by atoms with Crippen molar-refractivity contribution < 1.29 is 4.79 Å². The van der Waals surface area contributed by atoms with E-state index in [0.29, 0.717) is 16.8 Å². The second-order valence-electron chi connectivity index (χ2n) is 8.13. The number of rotatable bonds is 3. The first-order chi connectivity index (χ1) is 11.6. The molecule has 3 aliphatic rings. The zero-order valence-electron chi connectivity index (χ0n) is 14.7. The lowest BCUT2D eigenvalue weighted by Gasteiger charge is -2.48. The lowest BCUT2D eigenvalue weighted by molar-refractivity contribution is 0.0124. The van der Waals surface area contributed by atoms with E-state index >= 15 is 0 Å². The van der Waals surface area contributed by atoms with Crippen LogP contribution in [0.3, 0.4) is 0 Å². The Morgan fingerprint density at radius 1 is 1.17 bits per heavy atom. The molecule has 24 heavy (non-hydrogen) atoms. The summed E-state index contributed by atoms with van der Waals surface area (Å²) < 4.78 is 0. The molecule has 2 saturated heterocycles. The van der Waals surface area contributed by atoms with Gasteiger partial charge in [0.25, 0.3) is 5.91 Å². The average molecular weight is 328 g/mol. The third-order valence-electron chi connectivity index (χ3n) is 5.93. The van der Waals surface area contributed by atoms with Crippen LogP contribution in [0.5, 0.6) is 0 Å². The maximum atomic E-state index is 12.8. The molecule has 1 aromatic heterocycles. The normalized spacial score (nSPS) is 28.3. The molecule has 1 saturated carbocycles. The summed E-state index contributed by atoms with van der Waals surface area (Å²) in [6.45, 7) is 7.33. The first-order valence-electron chi connectivity index (χ1n) is 9.44. The monoisotopic (exact) mass is 328 g/mol. The Balaban J connectivity index is 1.44. The van der Waals surface area contributed by atoms with Crippen molar-refractivity contribution in [2.24, 2.45) is 11.3 Å². The van der Waals surface area contributed by atoms with Crippen molar-refractivity contribution in [2.45, 2.75) is 45.4 Å². The van der Waals surface area contributed by atoms with Gasteiger partial charge in [-0.15, -0.1) is 0 Å². The second-order valence-corrected chi connectivity index (χ2v) is 8.13. The van der Waals surface area contributed by atoms with Crippen LogP contribution in [0, 0.1) is 18.3 Å². The van der Waals surface area contributed by atoms with E-state index in [1.165, 1.54) is 51.7 Å². The summed E-state index contributed by atoms with van der Waals surface area (Å²) in [5.74, 6) is 1.77. The van der Waals surface area contributed by atoms with E-state index in [1.807, 2.05) is 6.92 Å². The fourth-order valence-corrected chi connectivity index (χ4v) is 4.53. The van der Waals surface area contributed by atoms with Crippen molar-refractivity contribution in [3.63, 3.8) is 0 Å². The summed E-state index contributed by atoms with van der Waals surface area (Å²) in [6.07, 6.45) is 11.1. The van der Waals surface area contributed by atoms with Crippen LogP contribution in [-0.4, -0.2) is 58.4 Å². The molecule has 1 aromatic rings. The van der Waals surface area contributed by atoms with Gasteiger partial charge < -0.3 is 9.80 Å². The Hall–Kier alpha value is -1.49. The summed E-state index contributed by atoms with van der Waals surface area (Å²) in [7, 11) is 0. The highest BCUT2D eigenvalue weighted by atomic mass is 16.2. The molecule has 4 rings (SSSR count). The molecule has 1 amide bonds. The molecule has 130 valence electrons. The van der Waals surface area contributed by atoms with Crippen LogP contribution in [0.1, 0.15) is 54.7 Å². The van der Waals surface area contributed by atoms with Gasteiger partial charge in [0.15, 0.2) is 0 Å². The molecule has 2 aliphatic heterocycles. The number of hydrogen-bond acceptors (Lipinski definition) is 4. The maximum Gasteiger partial charge on any atom is 0.257 e. The maximum absolute atomic E-state index is 12.8. The van der Waals surface area contributed by atoms with E-state index in [4.69, 9.17) is 0 Å². The largest absolute Gasteiger partial charge is 0.338 e. The van der Waals surface area contributed by atoms with Gasteiger partial charge in [-0.3, -0.25) is 4.79 Å². The van der Waals surface area contributed by atoms with Gasteiger partial charge in [-0.1, -0.05) is 0 Å². The van der Waals surface area contributed by atoms with E-state index in [1.54, 1.807) is 12.4 Å². The minimum atomic E-state index is 0.105. The minimum absolute atomic E-state index is 0.105. The highest BCUT2D eigenvalue weighted by Crippen LogP contribution is 2.40. The number of aryl methyl sites for hydroxylation is 1. The van der Waals surface area contributed by atoms with Crippen LogP contribution in [0.4, 0.5) is 0 Å². The molecule has 0 N–H and O–H groups in total. The van der Waals surface area contributed by atoms with E-state index in [-0.39, 0.29) is 5.91 Å². The average Bonchev–Trinajstić information content (AvgIpc) is 3.39. The van der Waals surface area contributed by atoms with Gasteiger partial charge in [-0.05, 0) is 57.9 Å². The molecule has 1 spiro atoms. The number of amides is 1. The Bertz CT molecular complexity index is 594. The third kappa shape index (κ3) is 3.46. The van der Waals surface area contributed by atoms with Crippen molar-refractivity contribution >= 4 is 5.91 Å². The number of carbonyl (C=O) groups is 1. The molecule has 3 fully saturated rings. The van der Waals surface area contributed by atoms with Crippen molar-refractivity contribution in [1.82, 2.24) is 19.8 Å². The molecule has 0 aromatic carbocycles. The van der Waals surface area contributed by atoms with E-state index in [9.17, 15) is 4.79 Å². The van der Waals surface area contributed by atoms with Crippen LogP contribution in [0.15, 0.2) is 12.4 Å². The van der Waals surface area contributed by atoms with Crippen molar-refractivity contribution in [3.8, 4) is 0 Å². The summed E-state index contributed by atoms with van der Waals surface area (Å²) in [4.78, 5) is 25.9. The first kappa shape index (κ1) is 16.0. The van der Waals surface area contributed by atoms with Crippen molar-refractivity contribution in [2.75, 3.05) is 32.7 Å². The summed E-state index contributed by atoms with van der Waals surface area (Å²) in [5.41, 5.74) is 0.940. The quantitative estimate of drug-likeness (QED) is 0.855. The fourth-order valence-electron chi connectivity index (χ4n) is 4.53. The van der Waals surface area contributed by atoms with Crippen LogP contribution >= 0.6 is 0 Å². The van der Waals surface area contributed by atoms with Gasteiger partial charge in [0.2, 0.25) is 0 Å². The molecule has 0 radical (unpaired) electrons. The molecule has 1 unspecified atom stereocenters. The minimum Gasteiger partial charge on any atom is -0.338 e. The van der Waals surface area contributed by atoms with E-state index in [0.717, 1.165) is 25.4 Å². The van der Waals surface area contributed by atoms with Crippen LogP contribution in [-0.2, 0) is 0 Å². The lowest BCUT2D eigenvalue weighted by Crippen LogP contribution is -2.53. The summed E-state index contributed by atoms with van der Waals surface area (Å²) in [5, 5.41) is 0. The van der Waals surface area contributed by atoms with E-state index in [2.05, 4.69) is 19.8 Å². The Kier molecular flexibility index (Phi) is 4.29. The Morgan fingerprint density at radius 3 is 2.58 bits per heavy atom. The standard InChI is InChI=1S/C19H28N4O/c1-15-20-10-17(11-21-15)18(24)23-9-3-7-19(14-23)6-2-8-22(13-19)12-16-4-5-16/h10-11,16H,2-9,12-14H2,1H3. The molecule has 0 bridgehead atoms. The smallest absolute Gasteiger partial charge is 0.257 e. The van der Waals surface area contributed by atoms with Gasteiger partial charge in [-0.25, -0.2) is 9.97 Å². The molecular formula is C19H28N4O. The lowest BCUT2D eigenvalue weighted by atomic mass is 9.73. The van der Waals surface area contributed by atoms with E-state index < -0.39 is 0 Å². The van der Waals surface area contributed by atoms with Crippen molar-refractivity contribution in [3.05, 3.63) is 23.8 Å². The summed E-state index contributed by atoms with van der Waals surface area (Å²) >= 11 is 0. The predicted octanol–water partition coefficient (Wildman–Crippen LogP) is 2.51. The number of likely N-dealkylation sites (tertiary alicyclic amines) is 2. The second kappa shape index (κ2) is 6.43. The summed E-state index contributed by atoms with van der Waals surface area (Å²) in [6, 6.07) is 0. The molecule has 5 heteroatoms. The molecule has 1 atom stereocenters. The van der Waals surface area contributed by atoms with Crippen LogP contribution in [0.2, 0.25) is 0 Å². The predicted molar refractivity (Wildman–Crippen MR) is 92.7 cm³/mol. The first-order valence-corrected chi connectivity index (χ1v) is 9.44. The van der Waals surface area contributed by atoms with Gasteiger partial charge in [0.1, 0.15) is 5.82 Å². The number of carbonyl (C=O) groups excluding carboxylic acids is 1. The molecule has 3 heterocycles. The zero-order chi connectivity index (χ0) is 16.6. The highest BCUT2D eigenvalue weighted by molar-refractivity contribution is 5.93.